The van der Waals surface area contributed by atoms with Gasteiger partial charge in [-0.05, 0) is 75.0 Å². The minimum absolute atomic E-state index is 0.00888. The highest BCUT2D eigenvalue weighted by Gasteiger charge is 2.34. The summed E-state index contributed by atoms with van der Waals surface area (Å²) >= 11 is 0. The average Bonchev–Trinajstić information content (AvgIpc) is 3.20. The van der Waals surface area contributed by atoms with E-state index in [9.17, 15) is 9.59 Å². The highest BCUT2D eigenvalue weighted by Crippen LogP contribution is 2.37. The lowest BCUT2D eigenvalue weighted by atomic mass is 9.78. The molecule has 0 bridgehead atoms. The molecule has 0 aromatic heterocycles. The monoisotopic (exact) mass is 811 g/mol. The summed E-state index contributed by atoms with van der Waals surface area (Å²) < 4.78 is 13.6. The molecule has 0 N–H and O–H groups in total. The van der Waals surface area contributed by atoms with Crippen LogP contribution in [0.3, 0.4) is 0 Å². The number of carbonyl (C=O) groups is 2. The number of hydrogen-bond donors (Lipinski definition) is 0. The SMILES string of the molecule is O=C(CCC(=O)OC(C1CCCCCCCCCCC1)C1CCCCCCCCCCC1)OC(C1CCCCCCCCCCC1)C1CCCCCCCCCCC1. The molecule has 0 radical (unpaired) electrons. The number of rotatable bonds is 9. The van der Waals surface area contributed by atoms with Crippen LogP contribution < -0.4 is 0 Å². The summed E-state index contributed by atoms with van der Waals surface area (Å²) in [4.78, 5) is 28.2. The molecule has 0 heterocycles. The van der Waals surface area contributed by atoms with E-state index in [4.69, 9.17) is 9.47 Å². The highest BCUT2D eigenvalue weighted by atomic mass is 16.6. The third-order valence-electron chi connectivity index (χ3n) is 15.5. The zero-order valence-corrected chi connectivity index (χ0v) is 38.6. The number of ether oxygens (including phenoxy) is 2. The minimum atomic E-state index is -0.132. The van der Waals surface area contributed by atoms with E-state index in [1.807, 2.05) is 0 Å². The van der Waals surface area contributed by atoms with Gasteiger partial charge in [-0.2, -0.15) is 0 Å². The van der Waals surface area contributed by atoms with Crippen LogP contribution in [0.1, 0.15) is 295 Å². The molecule has 4 fully saturated rings. The molecule has 338 valence electrons. The summed E-state index contributed by atoms with van der Waals surface area (Å²) in [5.74, 6) is 1.57. The Kier molecular flexibility index (Phi) is 28.7. The van der Waals surface area contributed by atoms with Gasteiger partial charge in [0.1, 0.15) is 12.2 Å². The van der Waals surface area contributed by atoms with Crippen LogP contribution in [0.5, 0.6) is 0 Å². The molecule has 4 aliphatic rings. The van der Waals surface area contributed by atoms with Crippen molar-refractivity contribution in [2.45, 2.75) is 308 Å². The first-order valence-corrected chi connectivity index (χ1v) is 27.1. The second-order valence-electron chi connectivity index (χ2n) is 20.5. The predicted octanol–water partition coefficient (Wildman–Crippen LogP) is 17.3. The summed E-state index contributed by atoms with van der Waals surface area (Å²) in [6, 6.07) is 0. The lowest BCUT2D eigenvalue weighted by molar-refractivity contribution is -0.163. The van der Waals surface area contributed by atoms with Crippen LogP contribution in [0.4, 0.5) is 0 Å². The summed E-state index contributed by atoms with van der Waals surface area (Å²) in [5, 5.41) is 0. The quantitative estimate of drug-likeness (QED) is 0.218. The minimum Gasteiger partial charge on any atom is -0.462 e. The van der Waals surface area contributed by atoms with Gasteiger partial charge in [0.15, 0.2) is 0 Å². The van der Waals surface area contributed by atoms with Crippen molar-refractivity contribution in [2.24, 2.45) is 23.7 Å². The molecule has 4 heteroatoms. The normalized spacial score (nSPS) is 24.2. The zero-order valence-electron chi connectivity index (χ0n) is 38.6. The molecule has 4 rings (SSSR count). The maximum absolute atomic E-state index is 14.1. The Balaban J connectivity index is 1.45. The van der Waals surface area contributed by atoms with Crippen molar-refractivity contribution in [2.75, 3.05) is 0 Å². The lowest BCUT2D eigenvalue weighted by Gasteiger charge is -2.35. The molecular formula is C54H98O4. The van der Waals surface area contributed by atoms with Crippen molar-refractivity contribution in [3.8, 4) is 0 Å². The lowest BCUT2D eigenvalue weighted by Crippen LogP contribution is -2.36. The van der Waals surface area contributed by atoms with Gasteiger partial charge in [0.05, 0.1) is 12.8 Å². The topological polar surface area (TPSA) is 52.6 Å². The summed E-state index contributed by atoms with van der Waals surface area (Å²) in [6.45, 7) is 0. The van der Waals surface area contributed by atoms with Crippen molar-refractivity contribution < 1.29 is 19.1 Å². The summed E-state index contributed by atoms with van der Waals surface area (Å²) in [7, 11) is 0. The highest BCUT2D eigenvalue weighted by molar-refractivity contribution is 5.77. The molecular weight excluding hydrogens is 713 g/mol. The third kappa shape index (κ3) is 22.7. The van der Waals surface area contributed by atoms with Gasteiger partial charge in [-0.3, -0.25) is 9.59 Å². The van der Waals surface area contributed by atoms with Gasteiger partial charge in [-0.1, -0.05) is 231 Å². The maximum Gasteiger partial charge on any atom is 0.306 e. The van der Waals surface area contributed by atoms with E-state index >= 15 is 0 Å². The van der Waals surface area contributed by atoms with E-state index in [0.717, 1.165) is 0 Å². The molecule has 0 saturated heterocycles. The van der Waals surface area contributed by atoms with E-state index < -0.39 is 0 Å². The maximum atomic E-state index is 14.1. The smallest absolute Gasteiger partial charge is 0.306 e. The molecule has 4 aliphatic carbocycles. The van der Waals surface area contributed by atoms with E-state index in [0.29, 0.717) is 23.7 Å². The fourth-order valence-corrected chi connectivity index (χ4v) is 11.9. The second kappa shape index (κ2) is 33.6. The van der Waals surface area contributed by atoms with Gasteiger partial charge in [0.25, 0.3) is 0 Å². The average molecular weight is 811 g/mol. The van der Waals surface area contributed by atoms with Crippen molar-refractivity contribution >= 4 is 11.9 Å². The number of hydrogen-bond acceptors (Lipinski definition) is 4. The van der Waals surface area contributed by atoms with E-state index in [-0.39, 0.29) is 37.0 Å². The van der Waals surface area contributed by atoms with Crippen molar-refractivity contribution in [3.63, 3.8) is 0 Å². The van der Waals surface area contributed by atoms with Crippen LogP contribution in [0.2, 0.25) is 0 Å². The molecule has 58 heavy (non-hydrogen) atoms. The number of esters is 2. The first-order valence-electron chi connectivity index (χ1n) is 27.1. The molecule has 0 unspecified atom stereocenters. The van der Waals surface area contributed by atoms with Crippen LogP contribution in [0.25, 0.3) is 0 Å². The standard InChI is InChI=1S/C54H98O4/c55-51(57-53(47-37-29-21-13-5-1-6-14-22-30-38-47)48-39-31-23-15-7-2-8-16-24-32-40-48)45-46-52(56)58-54(49-41-33-25-17-9-3-10-18-26-34-42-49)50-43-35-27-19-11-4-12-20-28-36-44-50/h47-50,53-54H,1-46H2. The molecule has 0 aromatic carbocycles. The van der Waals surface area contributed by atoms with Crippen molar-refractivity contribution in [3.05, 3.63) is 0 Å². The van der Waals surface area contributed by atoms with Gasteiger partial charge in [0.2, 0.25) is 0 Å². The molecule has 0 aromatic rings. The third-order valence-corrected chi connectivity index (χ3v) is 15.5. The van der Waals surface area contributed by atoms with Gasteiger partial charge < -0.3 is 9.47 Å². The summed E-state index contributed by atoms with van der Waals surface area (Å²) in [6.07, 6.45) is 58.0. The van der Waals surface area contributed by atoms with Gasteiger partial charge >= 0.3 is 11.9 Å². The Hall–Kier alpha value is -1.06. The Morgan fingerprint density at radius 3 is 0.552 bits per heavy atom. The fraction of sp³-hybridized carbons (Fsp3) is 0.963. The van der Waals surface area contributed by atoms with Crippen LogP contribution in [0, 0.1) is 23.7 Å². The van der Waals surface area contributed by atoms with Crippen molar-refractivity contribution in [1.29, 1.82) is 0 Å². The molecule has 4 nitrogen and oxygen atoms in total. The van der Waals surface area contributed by atoms with E-state index in [1.165, 1.54) is 283 Å². The largest absolute Gasteiger partial charge is 0.462 e. The van der Waals surface area contributed by atoms with Crippen LogP contribution in [-0.2, 0) is 19.1 Å². The Bertz CT molecular complexity index is 808. The second-order valence-corrected chi connectivity index (χ2v) is 20.5. The van der Waals surface area contributed by atoms with Crippen LogP contribution in [0.15, 0.2) is 0 Å². The van der Waals surface area contributed by atoms with Crippen LogP contribution >= 0.6 is 0 Å². The Labute approximate surface area is 361 Å². The number of carbonyl (C=O) groups excluding carboxylic acids is 2. The van der Waals surface area contributed by atoms with E-state index in [2.05, 4.69) is 0 Å². The predicted molar refractivity (Wildman–Crippen MR) is 246 cm³/mol. The van der Waals surface area contributed by atoms with Gasteiger partial charge in [-0.25, -0.2) is 0 Å². The van der Waals surface area contributed by atoms with Crippen LogP contribution in [-0.4, -0.2) is 24.1 Å². The van der Waals surface area contributed by atoms with Gasteiger partial charge in [-0.15, -0.1) is 0 Å². The first-order chi connectivity index (χ1) is 28.7. The Morgan fingerprint density at radius 1 is 0.259 bits per heavy atom. The summed E-state index contributed by atoms with van der Waals surface area (Å²) in [5.41, 5.74) is 0. The molecule has 0 atom stereocenters. The molecule has 0 aliphatic heterocycles. The molecule has 0 spiro atoms. The van der Waals surface area contributed by atoms with Crippen molar-refractivity contribution in [1.82, 2.24) is 0 Å². The fourth-order valence-electron chi connectivity index (χ4n) is 11.9. The molecule has 0 amide bonds. The van der Waals surface area contributed by atoms with E-state index in [1.54, 1.807) is 0 Å². The first kappa shape index (κ1) is 49.6. The van der Waals surface area contributed by atoms with Gasteiger partial charge in [0, 0.05) is 0 Å². The molecule has 4 saturated carbocycles. The Morgan fingerprint density at radius 2 is 0.397 bits per heavy atom. The zero-order chi connectivity index (χ0) is 40.6.